The molecule has 106 valence electrons. The summed E-state index contributed by atoms with van der Waals surface area (Å²) in [4.78, 5) is 17.6. The zero-order valence-electron chi connectivity index (χ0n) is 11.7. The highest BCUT2D eigenvalue weighted by atomic mass is 32.1. The fourth-order valence-electron chi connectivity index (χ4n) is 2.00. The Balaban J connectivity index is 2.00. The molecule has 2 rings (SSSR count). The minimum atomic E-state index is -0.0851. The number of anilines is 1. The van der Waals surface area contributed by atoms with E-state index in [0.717, 1.165) is 18.7 Å². The molecule has 0 aliphatic heterocycles. The van der Waals surface area contributed by atoms with Crippen LogP contribution in [0.15, 0.2) is 36.0 Å². The summed E-state index contributed by atoms with van der Waals surface area (Å²) in [5.41, 5.74) is 1.41. The molecule has 2 aromatic heterocycles. The van der Waals surface area contributed by atoms with Gasteiger partial charge in [-0.2, -0.15) is 0 Å². The van der Waals surface area contributed by atoms with E-state index in [1.54, 1.807) is 23.7 Å². The molecule has 0 aromatic carbocycles. The minimum Gasteiger partial charge on any atom is -0.385 e. The standard InChI is InChI=1S/C15H19N3OS/c1-3-17-14-6-7-16-10-13(14)15(19)18-11(2)9-12-5-4-8-20-12/h4-8,10-11H,3,9H2,1-2H3,(H,16,17)(H,18,19). The van der Waals surface area contributed by atoms with Gasteiger partial charge in [0.1, 0.15) is 0 Å². The largest absolute Gasteiger partial charge is 0.385 e. The molecule has 2 heterocycles. The maximum Gasteiger partial charge on any atom is 0.255 e. The first-order valence-corrected chi connectivity index (χ1v) is 7.59. The average Bonchev–Trinajstić information content (AvgIpc) is 2.92. The number of nitrogens with one attached hydrogen (secondary N) is 2. The van der Waals surface area contributed by atoms with E-state index >= 15 is 0 Å². The van der Waals surface area contributed by atoms with Crippen molar-refractivity contribution in [1.82, 2.24) is 10.3 Å². The molecule has 20 heavy (non-hydrogen) atoms. The summed E-state index contributed by atoms with van der Waals surface area (Å²) >= 11 is 1.71. The van der Waals surface area contributed by atoms with Crippen LogP contribution in [0.2, 0.25) is 0 Å². The Hall–Kier alpha value is -1.88. The van der Waals surface area contributed by atoms with Crippen molar-refractivity contribution < 1.29 is 4.79 Å². The van der Waals surface area contributed by atoms with Crippen LogP contribution >= 0.6 is 11.3 Å². The second kappa shape index (κ2) is 7.05. The molecule has 0 spiro atoms. The number of thiophene rings is 1. The number of nitrogens with zero attached hydrogens (tertiary/aromatic N) is 1. The second-order valence-corrected chi connectivity index (χ2v) is 5.64. The maximum atomic E-state index is 12.3. The summed E-state index contributed by atoms with van der Waals surface area (Å²) in [6, 6.07) is 6.03. The third-order valence-electron chi connectivity index (χ3n) is 2.90. The van der Waals surface area contributed by atoms with Crippen molar-refractivity contribution in [3.8, 4) is 0 Å². The van der Waals surface area contributed by atoms with Gasteiger partial charge >= 0.3 is 0 Å². The SMILES string of the molecule is CCNc1ccncc1C(=O)NC(C)Cc1cccs1. The number of hydrogen-bond donors (Lipinski definition) is 2. The van der Waals surface area contributed by atoms with Gasteiger partial charge in [0.2, 0.25) is 0 Å². The molecule has 0 fully saturated rings. The third kappa shape index (κ3) is 3.81. The van der Waals surface area contributed by atoms with E-state index in [1.807, 2.05) is 31.4 Å². The van der Waals surface area contributed by atoms with Crippen LogP contribution in [0.4, 0.5) is 5.69 Å². The molecule has 4 nitrogen and oxygen atoms in total. The van der Waals surface area contributed by atoms with Crippen molar-refractivity contribution in [3.63, 3.8) is 0 Å². The van der Waals surface area contributed by atoms with Crippen LogP contribution in [0.1, 0.15) is 29.1 Å². The predicted octanol–water partition coefficient (Wildman–Crippen LogP) is 2.94. The minimum absolute atomic E-state index is 0.0851. The van der Waals surface area contributed by atoms with Crippen molar-refractivity contribution in [2.75, 3.05) is 11.9 Å². The van der Waals surface area contributed by atoms with Gasteiger partial charge in [0, 0.05) is 36.3 Å². The molecule has 2 N–H and O–H groups in total. The summed E-state index contributed by atoms with van der Waals surface area (Å²) in [7, 11) is 0. The molecule has 1 amide bonds. The number of carbonyl (C=O) groups excluding carboxylic acids is 1. The number of aromatic nitrogens is 1. The monoisotopic (exact) mass is 289 g/mol. The molecule has 0 aliphatic rings. The van der Waals surface area contributed by atoms with E-state index < -0.39 is 0 Å². The predicted molar refractivity (Wildman–Crippen MR) is 83.4 cm³/mol. The van der Waals surface area contributed by atoms with Gasteiger partial charge in [-0.1, -0.05) is 6.07 Å². The zero-order valence-corrected chi connectivity index (χ0v) is 12.5. The Morgan fingerprint density at radius 1 is 1.45 bits per heavy atom. The molecule has 1 unspecified atom stereocenters. The summed E-state index contributed by atoms with van der Waals surface area (Å²) in [5, 5.41) is 8.25. The lowest BCUT2D eigenvalue weighted by Gasteiger charge is -2.15. The highest BCUT2D eigenvalue weighted by Gasteiger charge is 2.14. The van der Waals surface area contributed by atoms with Crippen molar-refractivity contribution in [2.45, 2.75) is 26.3 Å². The average molecular weight is 289 g/mol. The number of hydrogen-bond acceptors (Lipinski definition) is 4. The van der Waals surface area contributed by atoms with Crippen molar-refractivity contribution >= 4 is 22.9 Å². The highest BCUT2D eigenvalue weighted by Crippen LogP contribution is 2.15. The number of carbonyl (C=O) groups is 1. The van der Waals surface area contributed by atoms with Crippen molar-refractivity contribution in [1.29, 1.82) is 0 Å². The quantitative estimate of drug-likeness (QED) is 0.859. The lowest BCUT2D eigenvalue weighted by atomic mass is 10.1. The van der Waals surface area contributed by atoms with E-state index in [4.69, 9.17) is 0 Å². The fraction of sp³-hybridized carbons (Fsp3) is 0.333. The van der Waals surface area contributed by atoms with E-state index in [2.05, 4.69) is 21.7 Å². The van der Waals surface area contributed by atoms with E-state index in [9.17, 15) is 4.79 Å². The smallest absolute Gasteiger partial charge is 0.255 e. The Morgan fingerprint density at radius 3 is 3.00 bits per heavy atom. The van der Waals surface area contributed by atoms with Crippen molar-refractivity contribution in [2.24, 2.45) is 0 Å². The van der Waals surface area contributed by atoms with E-state index in [1.165, 1.54) is 4.88 Å². The molecular formula is C15H19N3OS. The van der Waals surface area contributed by atoms with Gasteiger partial charge in [-0.25, -0.2) is 0 Å². The van der Waals surface area contributed by atoms with Crippen LogP contribution in [0.3, 0.4) is 0 Å². The Morgan fingerprint density at radius 2 is 2.30 bits per heavy atom. The lowest BCUT2D eigenvalue weighted by molar-refractivity contribution is 0.0940. The fourth-order valence-corrected chi connectivity index (χ4v) is 2.84. The normalized spacial score (nSPS) is 11.9. The highest BCUT2D eigenvalue weighted by molar-refractivity contribution is 7.09. The summed E-state index contributed by atoms with van der Waals surface area (Å²) in [5.74, 6) is -0.0851. The van der Waals surface area contributed by atoms with Gasteiger partial charge in [0.25, 0.3) is 5.91 Å². The third-order valence-corrected chi connectivity index (χ3v) is 3.80. The number of amides is 1. The van der Waals surface area contributed by atoms with Crippen LogP contribution in [-0.2, 0) is 6.42 Å². The van der Waals surface area contributed by atoms with Gasteiger partial charge in [-0.15, -0.1) is 11.3 Å². The Kier molecular flexibility index (Phi) is 5.12. The van der Waals surface area contributed by atoms with Crippen LogP contribution in [0, 0.1) is 0 Å². The van der Waals surface area contributed by atoms with Gasteiger partial charge in [-0.3, -0.25) is 9.78 Å². The molecule has 5 heteroatoms. The summed E-state index contributed by atoms with van der Waals surface area (Å²) in [6.45, 7) is 4.79. The lowest BCUT2D eigenvalue weighted by Crippen LogP contribution is -2.34. The molecular weight excluding hydrogens is 270 g/mol. The van der Waals surface area contributed by atoms with Crippen molar-refractivity contribution in [3.05, 3.63) is 46.4 Å². The molecule has 0 radical (unpaired) electrons. The molecule has 0 aliphatic carbocycles. The van der Waals surface area contributed by atoms with Gasteiger partial charge in [0.15, 0.2) is 0 Å². The first kappa shape index (κ1) is 14.5. The molecule has 0 saturated heterocycles. The van der Waals surface area contributed by atoms with E-state index in [0.29, 0.717) is 5.56 Å². The zero-order chi connectivity index (χ0) is 14.4. The van der Waals surface area contributed by atoms with Crippen LogP contribution < -0.4 is 10.6 Å². The second-order valence-electron chi connectivity index (χ2n) is 4.61. The van der Waals surface area contributed by atoms with Crippen LogP contribution in [0.25, 0.3) is 0 Å². The van der Waals surface area contributed by atoms with Gasteiger partial charge < -0.3 is 10.6 Å². The first-order valence-electron chi connectivity index (χ1n) is 6.71. The summed E-state index contributed by atoms with van der Waals surface area (Å²) in [6.07, 6.45) is 4.13. The van der Waals surface area contributed by atoms with Crippen LogP contribution in [0.5, 0.6) is 0 Å². The molecule has 2 aromatic rings. The molecule has 0 bridgehead atoms. The number of pyridine rings is 1. The maximum absolute atomic E-state index is 12.3. The van der Waals surface area contributed by atoms with E-state index in [-0.39, 0.29) is 11.9 Å². The van der Waals surface area contributed by atoms with Gasteiger partial charge in [0.05, 0.1) is 11.3 Å². The van der Waals surface area contributed by atoms with Crippen LogP contribution in [-0.4, -0.2) is 23.5 Å². The number of rotatable bonds is 6. The van der Waals surface area contributed by atoms with Gasteiger partial charge in [-0.05, 0) is 31.4 Å². The Bertz CT molecular complexity index is 554. The summed E-state index contributed by atoms with van der Waals surface area (Å²) < 4.78 is 0. The molecule has 1 atom stereocenters. The first-order chi connectivity index (χ1) is 9.70. The topological polar surface area (TPSA) is 54.0 Å². The molecule has 0 saturated carbocycles. The Labute approximate surface area is 123 Å².